The van der Waals surface area contributed by atoms with Crippen molar-refractivity contribution in [1.82, 2.24) is 10.6 Å². The van der Waals surface area contributed by atoms with Gasteiger partial charge in [-0.25, -0.2) is 0 Å². The Balaban J connectivity index is 2.15. The van der Waals surface area contributed by atoms with E-state index in [0.717, 1.165) is 12.5 Å². The van der Waals surface area contributed by atoms with Gasteiger partial charge in [-0.05, 0) is 39.5 Å². The molecule has 1 aliphatic rings. The molecular formula is C15H30N2O. The van der Waals surface area contributed by atoms with Crippen LogP contribution in [0, 0.1) is 5.92 Å². The largest absolute Gasteiger partial charge is 0.354 e. The Kier molecular flexibility index (Phi) is 7.33. The zero-order valence-electron chi connectivity index (χ0n) is 12.3. The van der Waals surface area contributed by atoms with Crippen LogP contribution in [0.15, 0.2) is 0 Å². The summed E-state index contributed by atoms with van der Waals surface area (Å²) in [6.07, 6.45) is 8.86. The molecule has 0 heterocycles. The topological polar surface area (TPSA) is 41.1 Å². The maximum atomic E-state index is 11.5. The quantitative estimate of drug-likeness (QED) is 0.716. The van der Waals surface area contributed by atoms with Crippen LogP contribution in [0.3, 0.4) is 0 Å². The molecule has 1 fully saturated rings. The van der Waals surface area contributed by atoms with Crippen LogP contribution in [0.5, 0.6) is 0 Å². The normalized spacial score (nSPS) is 19.6. The molecule has 0 aromatic carbocycles. The highest BCUT2D eigenvalue weighted by Crippen LogP contribution is 2.25. The average Bonchev–Trinajstić information content (AvgIpc) is 2.56. The van der Waals surface area contributed by atoms with E-state index < -0.39 is 0 Å². The molecule has 2 N–H and O–H groups in total. The minimum Gasteiger partial charge on any atom is -0.354 e. The Bertz CT molecular complexity index is 233. The zero-order chi connectivity index (χ0) is 13.4. The number of amides is 1. The van der Waals surface area contributed by atoms with E-state index in [0.29, 0.717) is 12.5 Å². The van der Waals surface area contributed by atoms with Gasteiger partial charge in [0, 0.05) is 25.0 Å². The van der Waals surface area contributed by atoms with Crippen LogP contribution in [-0.4, -0.2) is 24.5 Å². The monoisotopic (exact) mass is 254 g/mol. The van der Waals surface area contributed by atoms with E-state index in [1.807, 2.05) is 13.8 Å². The first-order chi connectivity index (χ1) is 8.59. The molecular weight excluding hydrogens is 224 g/mol. The summed E-state index contributed by atoms with van der Waals surface area (Å²) in [5, 5.41) is 6.45. The lowest BCUT2D eigenvalue weighted by Crippen LogP contribution is -2.37. The fraction of sp³-hybridized carbons (Fsp3) is 0.933. The second-order valence-electron chi connectivity index (χ2n) is 5.97. The summed E-state index contributed by atoms with van der Waals surface area (Å²) >= 11 is 0. The van der Waals surface area contributed by atoms with Gasteiger partial charge in [-0.3, -0.25) is 4.79 Å². The van der Waals surface area contributed by atoms with Crippen LogP contribution in [0.25, 0.3) is 0 Å². The molecule has 0 saturated heterocycles. The van der Waals surface area contributed by atoms with Crippen molar-refractivity contribution in [3.63, 3.8) is 0 Å². The van der Waals surface area contributed by atoms with Crippen LogP contribution in [-0.2, 0) is 4.79 Å². The van der Waals surface area contributed by atoms with E-state index in [2.05, 4.69) is 17.6 Å². The Morgan fingerprint density at radius 3 is 2.28 bits per heavy atom. The third-order valence-electron chi connectivity index (χ3n) is 3.87. The van der Waals surface area contributed by atoms with Crippen molar-refractivity contribution in [2.75, 3.05) is 6.54 Å². The van der Waals surface area contributed by atoms with Gasteiger partial charge in [-0.15, -0.1) is 0 Å². The van der Waals surface area contributed by atoms with Crippen molar-refractivity contribution in [3.8, 4) is 0 Å². The first-order valence-electron chi connectivity index (χ1n) is 7.62. The van der Waals surface area contributed by atoms with Crippen molar-refractivity contribution in [2.45, 2.75) is 77.8 Å². The van der Waals surface area contributed by atoms with Gasteiger partial charge in [-0.1, -0.05) is 25.7 Å². The highest BCUT2D eigenvalue weighted by molar-refractivity contribution is 5.76. The van der Waals surface area contributed by atoms with E-state index in [1.54, 1.807) is 0 Å². The molecule has 0 unspecified atom stereocenters. The molecule has 0 radical (unpaired) electrons. The summed E-state index contributed by atoms with van der Waals surface area (Å²) < 4.78 is 0. The van der Waals surface area contributed by atoms with Crippen LogP contribution < -0.4 is 10.6 Å². The molecule has 0 bridgehead atoms. The van der Waals surface area contributed by atoms with Crippen LogP contribution in [0.1, 0.15) is 65.7 Å². The smallest absolute Gasteiger partial charge is 0.221 e. The van der Waals surface area contributed by atoms with Crippen LogP contribution in [0.4, 0.5) is 0 Å². The molecule has 0 aliphatic heterocycles. The van der Waals surface area contributed by atoms with Gasteiger partial charge < -0.3 is 10.6 Å². The van der Waals surface area contributed by atoms with Crippen LogP contribution >= 0.6 is 0 Å². The molecule has 18 heavy (non-hydrogen) atoms. The fourth-order valence-electron chi connectivity index (χ4n) is 2.79. The Morgan fingerprint density at radius 2 is 1.72 bits per heavy atom. The van der Waals surface area contributed by atoms with Crippen molar-refractivity contribution in [2.24, 2.45) is 5.92 Å². The summed E-state index contributed by atoms with van der Waals surface area (Å²) in [6.45, 7) is 7.07. The molecule has 3 heteroatoms. The lowest BCUT2D eigenvalue weighted by atomic mass is 9.93. The van der Waals surface area contributed by atoms with E-state index in [-0.39, 0.29) is 11.9 Å². The zero-order valence-corrected chi connectivity index (χ0v) is 12.3. The summed E-state index contributed by atoms with van der Waals surface area (Å²) in [6, 6.07) is 0.798. The highest BCUT2D eigenvalue weighted by Gasteiger charge is 2.18. The number of hydrogen-bond acceptors (Lipinski definition) is 2. The summed E-state index contributed by atoms with van der Waals surface area (Å²) in [7, 11) is 0. The van der Waals surface area contributed by atoms with Crippen molar-refractivity contribution < 1.29 is 4.79 Å². The molecule has 1 saturated carbocycles. The van der Waals surface area contributed by atoms with E-state index in [9.17, 15) is 4.79 Å². The minimum atomic E-state index is 0.158. The van der Waals surface area contributed by atoms with Gasteiger partial charge in [0.1, 0.15) is 0 Å². The van der Waals surface area contributed by atoms with Gasteiger partial charge in [-0.2, -0.15) is 0 Å². The highest BCUT2D eigenvalue weighted by atomic mass is 16.1. The standard InChI is InChI=1S/C15H30N2O/c1-12(2)17-15(18)10-11-16-13(3)14-8-6-4-5-7-9-14/h12-14,16H,4-11H2,1-3H3,(H,17,18)/t13-/m1/s1. The maximum absolute atomic E-state index is 11.5. The first-order valence-corrected chi connectivity index (χ1v) is 7.62. The lowest BCUT2D eigenvalue weighted by Gasteiger charge is -2.23. The number of carbonyl (C=O) groups is 1. The minimum absolute atomic E-state index is 0.158. The summed E-state index contributed by atoms with van der Waals surface area (Å²) in [4.78, 5) is 11.5. The number of nitrogens with one attached hydrogen (secondary N) is 2. The average molecular weight is 254 g/mol. The Hall–Kier alpha value is -0.570. The summed E-state index contributed by atoms with van der Waals surface area (Å²) in [5.41, 5.74) is 0. The SMILES string of the molecule is CC(C)NC(=O)CCN[C@H](C)C1CCCCCC1. The third kappa shape index (κ3) is 6.39. The number of rotatable bonds is 6. The van der Waals surface area contributed by atoms with Crippen LogP contribution in [0.2, 0.25) is 0 Å². The first kappa shape index (κ1) is 15.5. The molecule has 1 amide bonds. The van der Waals surface area contributed by atoms with Crippen molar-refractivity contribution >= 4 is 5.91 Å². The molecule has 106 valence electrons. The van der Waals surface area contributed by atoms with Gasteiger partial charge in [0.15, 0.2) is 0 Å². The molecule has 0 aromatic rings. The number of hydrogen-bond donors (Lipinski definition) is 2. The van der Waals surface area contributed by atoms with Gasteiger partial charge in [0.05, 0.1) is 0 Å². The fourth-order valence-corrected chi connectivity index (χ4v) is 2.79. The molecule has 1 rings (SSSR count). The Morgan fingerprint density at radius 1 is 1.11 bits per heavy atom. The number of carbonyl (C=O) groups excluding carboxylic acids is 1. The summed E-state index contributed by atoms with van der Waals surface area (Å²) in [5.74, 6) is 0.964. The second-order valence-corrected chi connectivity index (χ2v) is 5.97. The van der Waals surface area contributed by atoms with Gasteiger partial charge in [0.25, 0.3) is 0 Å². The van der Waals surface area contributed by atoms with Gasteiger partial charge in [0.2, 0.25) is 5.91 Å². The van der Waals surface area contributed by atoms with Gasteiger partial charge >= 0.3 is 0 Å². The predicted molar refractivity (Wildman–Crippen MR) is 76.6 cm³/mol. The van der Waals surface area contributed by atoms with E-state index in [4.69, 9.17) is 0 Å². The van der Waals surface area contributed by atoms with E-state index >= 15 is 0 Å². The van der Waals surface area contributed by atoms with Crippen molar-refractivity contribution in [3.05, 3.63) is 0 Å². The second kappa shape index (κ2) is 8.52. The third-order valence-corrected chi connectivity index (χ3v) is 3.87. The molecule has 0 spiro atoms. The molecule has 0 aromatic heterocycles. The lowest BCUT2D eigenvalue weighted by molar-refractivity contribution is -0.121. The predicted octanol–water partition coefficient (Wildman–Crippen LogP) is 2.85. The molecule has 1 atom stereocenters. The maximum Gasteiger partial charge on any atom is 0.221 e. The molecule has 1 aliphatic carbocycles. The Labute approximate surface area is 112 Å². The van der Waals surface area contributed by atoms with E-state index in [1.165, 1.54) is 38.5 Å². The molecule has 3 nitrogen and oxygen atoms in total. The van der Waals surface area contributed by atoms with Crippen molar-refractivity contribution in [1.29, 1.82) is 0 Å².